The van der Waals surface area contributed by atoms with Gasteiger partial charge in [0.05, 0.1) is 0 Å². The highest BCUT2D eigenvalue weighted by atomic mass is 35.5. The zero-order chi connectivity index (χ0) is 14.8. The number of rotatable bonds is 4. The molecule has 3 aromatic rings. The fourth-order valence-electron chi connectivity index (χ4n) is 2.59. The van der Waals surface area contributed by atoms with Crippen LogP contribution in [-0.2, 0) is 13.2 Å². The molecule has 2 nitrogen and oxygen atoms in total. The Morgan fingerprint density at radius 3 is 2.71 bits per heavy atom. The van der Waals surface area contributed by atoms with Gasteiger partial charge in [-0.3, -0.25) is 0 Å². The first-order valence-corrected chi connectivity index (χ1v) is 7.52. The molecular formula is C18H18ClNO. The van der Waals surface area contributed by atoms with E-state index < -0.39 is 0 Å². The van der Waals surface area contributed by atoms with E-state index in [1.54, 1.807) is 0 Å². The van der Waals surface area contributed by atoms with Crippen molar-refractivity contribution in [3.8, 4) is 5.75 Å². The summed E-state index contributed by atoms with van der Waals surface area (Å²) in [5, 5.41) is 1.92. The summed E-state index contributed by atoms with van der Waals surface area (Å²) in [4.78, 5) is 0. The molecule has 0 amide bonds. The highest BCUT2D eigenvalue weighted by molar-refractivity contribution is 6.31. The van der Waals surface area contributed by atoms with Crippen molar-refractivity contribution in [3.05, 3.63) is 64.8 Å². The molecule has 108 valence electrons. The molecule has 3 rings (SSSR count). The molecular weight excluding hydrogens is 282 g/mol. The molecule has 0 atom stereocenters. The van der Waals surface area contributed by atoms with E-state index in [0.717, 1.165) is 33.8 Å². The Hall–Kier alpha value is -1.93. The summed E-state index contributed by atoms with van der Waals surface area (Å²) in [7, 11) is 0. The fourth-order valence-corrected chi connectivity index (χ4v) is 2.77. The number of aryl methyl sites for hydroxylation is 2. The summed E-state index contributed by atoms with van der Waals surface area (Å²) in [6.45, 7) is 5.68. The van der Waals surface area contributed by atoms with Crippen molar-refractivity contribution < 1.29 is 4.74 Å². The smallest absolute Gasteiger partial charge is 0.122 e. The second kappa shape index (κ2) is 5.82. The Kier molecular flexibility index (Phi) is 3.89. The molecule has 0 radical (unpaired) electrons. The van der Waals surface area contributed by atoms with Gasteiger partial charge in [-0.1, -0.05) is 29.8 Å². The van der Waals surface area contributed by atoms with Crippen LogP contribution in [0, 0.1) is 6.92 Å². The first-order chi connectivity index (χ1) is 10.2. The first kappa shape index (κ1) is 14.0. The lowest BCUT2D eigenvalue weighted by Crippen LogP contribution is -1.96. The lowest BCUT2D eigenvalue weighted by molar-refractivity contribution is 0.305. The summed E-state index contributed by atoms with van der Waals surface area (Å²) in [6.07, 6.45) is 2.15. The van der Waals surface area contributed by atoms with Crippen LogP contribution in [0.25, 0.3) is 10.9 Å². The van der Waals surface area contributed by atoms with Crippen molar-refractivity contribution in [3.63, 3.8) is 0 Å². The van der Waals surface area contributed by atoms with E-state index >= 15 is 0 Å². The van der Waals surface area contributed by atoms with Crippen LogP contribution in [0.15, 0.2) is 48.7 Å². The largest absolute Gasteiger partial charge is 0.489 e. The van der Waals surface area contributed by atoms with Crippen LogP contribution >= 0.6 is 11.6 Å². The molecule has 0 bridgehead atoms. The van der Waals surface area contributed by atoms with Gasteiger partial charge in [0.15, 0.2) is 0 Å². The molecule has 0 unspecified atom stereocenters. The number of para-hydroxylation sites is 1. The maximum absolute atomic E-state index is 6.14. The number of halogens is 1. The summed E-state index contributed by atoms with van der Waals surface area (Å²) < 4.78 is 8.20. The van der Waals surface area contributed by atoms with E-state index in [0.29, 0.717) is 6.61 Å². The van der Waals surface area contributed by atoms with Gasteiger partial charge in [-0.05, 0) is 43.7 Å². The molecule has 3 heteroatoms. The summed E-state index contributed by atoms with van der Waals surface area (Å²) in [5.74, 6) is 0.928. The van der Waals surface area contributed by atoms with Gasteiger partial charge in [0.2, 0.25) is 0 Å². The van der Waals surface area contributed by atoms with Gasteiger partial charge in [-0.2, -0.15) is 0 Å². The van der Waals surface area contributed by atoms with Crippen LogP contribution in [-0.4, -0.2) is 4.57 Å². The second-order valence-corrected chi connectivity index (χ2v) is 5.59. The van der Waals surface area contributed by atoms with Gasteiger partial charge in [0.1, 0.15) is 12.4 Å². The van der Waals surface area contributed by atoms with E-state index in [2.05, 4.69) is 36.7 Å². The minimum Gasteiger partial charge on any atom is -0.489 e. The molecule has 0 aliphatic heterocycles. The second-order valence-electron chi connectivity index (χ2n) is 5.16. The number of aromatic nitrogens is 1. The van der Waals surface area contributed by atoms with Crippen LogP contribution in [0.4, 0.5) is 0 Å². The molecule has 0 aliphatic rings. The van der Waals surface area contributed by atoms with Gasteiger partial charge in [-0.15, -0.1) is 0 Å². The van der Waals surface area contributed by atoms with E-state index in [4.69, 9.17) is 16.3 Å². The topological polar surface area (TPSA) is 14.2 Å². The molecule has 1 heterocycles. The van der Waals surface area contributed by atoms with Gasteiger partial charge in [0, 0.05) is 34.2 Å². The van der Waals surface area contributed by atoms with Crippen molar-refractivity contribution in [1.29, 1.82) is 0 Å². The molecule has 0 fully saturated rings. The average Bonchev–Trinajstić information content (AvgIpc) is 2.83. The Labute approximate surface area is 129 Å². The lowest BCUT2D eigenvalue weighted by atomic mass is 10.2. The normalized spacial score (nSPS) is 11.0. The molecule has 2 aromatic carbocycles. The summed E-state index contributed by atoms with van der Waals surface area (Å²) in [6, 6.07) is 14.1. The third-order valence-corrected chi connectivity index (χ3v) is 3.98. The van der Waals surface area contributed by atoms with Gasteiger partial charge in [0.25, 0.3) is 0 Å². The fraction of sp³-hybridized carbons (Fsp3) is 0.222. The van der Waals surface area contributed by atoms with Crippen LogP contribution in [0.5, 0.6) is 5.75 Å². The van der Waals surface area contributed by atoms with Crippen molar-refractivity contribution in [2.45, 2.75) is 27.0 Å². The van der Waals surface area contributed by atoms with E-state index in [9.17, 15) is 0 Å². The van der Waals surface area contributed by atoms with E-state index in [1.807, 2.05) is 30.3 Å². The number of benzene rings is 2. The minimum atomic E-state index is 0.550. The molecule has 0 aliphatic carbocycles. The van der Waals surface area contributed by atoms with Crippen molar-refractivity contribution >= 4 is 22.5 Å². The maximum atomic E-state index is 6.14. The number of ether oxygens (including phenoxy) is 1. The van der Waals surface area contributed by atoms with E-state index in [1.165, 1.54) is 5.52 Å². The van der Waals surface area contributed by atoms with Crippen LogP contribution < -0.4 is 4.74 Å². The zero-order valence-electron chi connectivity index (χ0n) is 12.3. The number of hydrogen-bond donors (Lipinski definition) is 0. The van der Waals surface area contributed by atoms with Crippen molar-refractivity contribution in [1.82, 2.24) is 4.57 Å². The van der Waals surface area contributed by atoms with Gasteiger partial charge in [-0.25, -0.2) is 0 Å². The lowest BCUT2D eigenvalue weighted by Gasteiger charge is -2.08. The zero-order valence-corrected chi connectivity index (χ0v) is 13.0. The van der Waals surface area contributed by atoms with Crippen LogP contribution in [0.3, 0.4) is 0 Å². The third kappa shape index (κ3) is 2.77. The Bertz CT molecular complexity index is 776. The monoisotopic (exact) mass is 299 g/mol. The predicted octanol–water partition coefficient (Wildman–Crippen LogP) is 5.20. The molecule has 1 aromatic heterocycles. The Morgan fingerprint density at radius 2 is 1.95 bits per heavy atom. The highest BCUT2D eigenvalue weighted by Gasteiger charge is 2.09. The third-order valence-electron chi connectivity index (χ3n) is 3.74. The van der Waals surface area contributed by atoms with Crippen molar-refractivity contribution in [2.24, 2.45) is 0 Å². The van der Waals surface area contributed by atoms with Crippen LogP contribution in [0.1, 0.15) is 18.1 Å². The van der Waals surface area contributed by atoms with E-state index in [-0.39, 0.29) is 0 Å². The summed E-state index contributed by atoms with van der Waals surface area (Å²) >= 11 is 6.14. The quantitative estimate of drug-likeness (QED) is 0.645. The minimum absolute atomic E-state index is 0.550. The predicted molar refractivity (Wildman–Crippen MR) is 88.1 cm³/mol. The highest BCUT2D eigenvalue weighted by Crippen LogP contribution is 2.27. The first-order valence-electron chi connectivity index (χ1n) is 7.14. The molecule has 0 spiro atoms. The summed E-state index contributed by atoms with van der Waals surface area (Å²) in [5.41, 5.74) is 3.51. The maximum Gasteiger partial charge on any atom is 0.122 e. The number of hydrogen-bond acceptors (Lipinski definition) is 1. The average molecular weight is 300 g/mol. The SMILES string of the molecule is CCn1cc(COc2ccccc2C)c2cc(Cl)ccc21. The molecule has 0 saturated carbocycles. The number of fused-ring (bicyclic) bond motifs is 1. The standard InChI is InChI=1S/C18H18ClNO/c1-3-20-11-14(16-10-15(19)8-9-17(16)20)12-21-18-7-5-4-6-13(18)2/h4-11H,3,12H2,1-2H3. The van der Waals surface area contributed by atoms with Gasteiger partial charge < -0.3 is 9.30 Å². The van der Waals surface area contributed by atoms with Crippen molar-refractivity contribution in [2.75, 3.05) is 0 Å². The van der Waals surface area contributed by atoms with Crippen LogP contribution in [0.2, 0.25) is 5.02 Å². The Balaban J connectivity index is 1.93. The molecule has 21 heavy (non-hydrogen) atoms. The molecule has 0 saturated heterocycles. The number of nitrogens with zero attached hydrogens (tertiary/aromatic N) is 1. The Morgan fingerprint density at radius 1 is 1.14 bits per heavy atom. The van der Waals surface area contributed by atoms with Gasteiger partial charge >= 0.3 is 0 Å². The molecule has 0 N–H and O–H groups in total.